The Bertz CT molecular complexity index is 358. The summed E-state index contributed by atoms with van der Waals surface area (Å²) in [4.78, 5) is 11.5. The smallest absolute Gasteiger partial charge is 0.330 e. The molecule has 0 radical (unpaired) electrons. The summed E-state index contributed by atoms with van der Waals surface area (Å²) < 4.78 is 5.66. The predicted octanol–water partition coefficient (Wildman–Crippen LogP) is 3.96. The minimum atomic E-state index is -0.401. The molecule has 0 N–H and O–H groups in total. The van der Waals surface area contributed by atoms with E-state index in [1.165, 1.54) is 31.8 Å². The Kier molecular flexibility index (Phi) is 3.33. The van der Waals surface area contributed by atoms with E-state index in [4.69, 9.17) is 4.74 Å². The molecule has 0 aliphatic heterocycles. The van der Waals surface area contributed by atoms with Crippen LogP contribution >= 0.6 is 0 Å². The summed E-state index contributed by atoms with van der Waals surface area (Å²) >= 11 is 0. The molecule has 2 aliphatic rings. The molecule has 2 rings (SSSR count). The number of esters is 1. The molecule has 0 aromatic rings. The van der Waals surface area contributed by atoms with Gasteiger partial charge in [0.05, 0.1) is 0 Å². The third-order valence-electron chi connectivity index (χ3n) is 5.55. The van der Waals surface area contributed by atoms with Crippen LogP contribution in [0.1, 0.15) is 53.4 Å². The zero-order valence-corrected chi connectivity index (χ0v) is 12.2. The van der Waals surface area contributed by atoms with E-state index in [9.17, 15) is 4.79 Å². The van der Waals surface area contributed by atoms with E-state index < -0.39 is 5.60 Å². The van der Waals surface area contributed by atoms with Crippen molar-refractivity contribution in [3.8, 4) is 0 Å². The monoisotopic (exact) mass is 250 g/mol. The SMILES string of the molecule is C=CC(=O)OC(C)(C)C1(C)CC2CC(C)CC1C2. The molecule has 18 heavy (non-hydrogen) atoms. The zero-order valence-electron chi connectivity index (χ0n) is 12.2. The molecule has 2 heteroatoms. The number of rotatable bonds is 3. The molecule has 4 atom stereocenters. The molecule has 4 unspecified atom stereocenters. The fourth-order valence-corrected chi connectivity index (χ4v) is 4.35. The van der Waals surface area contributed by atoms with Crippen molar-refractivity contribution in [1.82, 2.24) is 0 Å². The maximum atomic E-state index is 11.5. The first-order valence-electron chi connectivity index (χ1n) is 7.14. The first-order chi connectivity index (χ1) is 8.28. The summed E-state index contributed by atoms with van der Waals surface area (Å²) in [7, 11) is 0. The molecule has 2 saturated carbocycles. The maximum absolute atomic E-state index is 11.5. The van der Waals surface area contributed by atoms with E-state index in [0.29, 0.717) is 5.92 Å². The molecule has 2 nitrogen and oxygen atoms in total. The highest BCUT2D eigenvalue weighted by molar-refractivity contribution is 5.81. The molecule has 0 aromatic carbocycles. The summed E-state index contributed by atoms with van der Waals surface area (Å²) in [6, 6.07) is 0. The van der Waals surface area contributed by atoms with Crippen LogP contribution in [-0.4, -0.2) is 11.6 Å². The standard InChI is InChI=1S/C16H26O2/c1-6-14(17)18-15(3,4)16(5)10-12-7-11(2)8-13(16)9-12/h6,11-13H,1,7-10H2,2-5H3. The second-order valence-electron chi connectivity index (χ2n) is 7.13. The number of ether oxygens (including phenoxy) is 1. The normalized spacial score (nSPS) is 39.4. The third-order valence-corrected chi connectivity index (χ3v) is 5.55. The lowest BCUT2D eigenvalue weighted by atomic mass is 9.66. The van der Waals surface area contributed by atoms with Crippen molar-refractivity contribution in [3.05, 3.63) is 12.7 Å². The summed E-state index contributed by atoms with van der Waals surface area (Å²) in [6.07, 6.45) is 6.41. The maximum Gasteiger partial charge on any atom is 0.330 e. The van der Waals surface area contributed by atoms with E-state index in [0.717, 1.165) is 11.8 Å². The van der Waals surface area contributed by atoms with Crippen LogP contribution in [0.15, 0.2) is 12.7 Å². The van der Waals surface area contributed by atoms with Gasteiger partial charge in [-0.05, 0) is 57.3 Å². The molecule has 0 heterocycles. The summed E-state index contributed by atoms with van der Waals surface area (Å²) in [5.74, 6) is 2.04. The number of fused-ring (bicyclic) bond motifs is 2. The lowest BCUT2D eigenvalue weighted by molar-refractivity contribution is -0.167. The van der Waals surface area contributed by atoms with Gasteiger partial charge >= 0.3 is 5.97 Å². The topological polar surface area (TPSA) is 26.3 Å². The third kappa shape index (κ3) is 2.10. The Hall–Kier alpha value is -0.790. The first kappa shape index (κ1) is 13.6. The Morgan fingerprint density at radius 2 is 2.06 bits per heavy atom. The summed E-state index contributed by atoms with van der Waals surface area (Å²) in [5.41, 5.74) is -0.289. The van der Waals surface area contributed by atoms with Gasteiger partial charge in [0.1, 0.15) is 5.60 Å². The van der Waals surface area contributed by atoms with Crippen LogP contribution in [0.2, 0.25) is 0 Å². The fraction of sp³-hybridized carbons (Fsp3) is 0.812. The average molecular weight is 250 g/mol. The number of carbonyl (C=O) groups excluding carboxylic acids is 1. The van der Waals surface area contributed by atoms with Crippen LogP contribution in [-0.2, 0) is 9.53 Å². The number of hydrogen-bond acceptors (Lipinski definition) is 2. The average Bonchev–Trinajstić information content (AvgIpc) is 2.50. The highest BCUT2D eigenvalue weighted by Crippen LogP contribution is 2.60. The molecule has 2 fully saturated rings. The second kappa shape index (κ2) is 4.40. The second-order valence-corrected chi connectivity index (χ2v) is 7.13. The molecular formula is C16H26O2. The van der Waals surface area contributed by atoms with E-state index in [1.807, 2.05) is 0 Å². The van der Waals surface area contributed by atoms with Gasteiger partial charge in [0.15, 0.2) is 0 Å². The minimum absolute atomic E-state index is 0.112. The van der Waals surface area contributed by atoms with Gasteiger partial charge < -0.3 is 4.74 Å². The minimum Gasteiger partial charge on any atom is -0.456 e. The summed E-state index contributed by atoms with van der Waals surface area (Å²) in [5, 5.41) is 0. The Morgan fingerprint density at radius 1 is 1.39 bits per heavy atom. The van der Waals surface area contributed by atoms with Crippen molar-refractivity contribution in [3.63, 3.8) is 0 Å². The van der Waals surface area contributed by atoms with Crippen LogP contribution in [0.4, 0.5) is 0 Å². The highest BCUT2D eigenvalue weighted by atomic mass is 16.6. The van der Waals surface area contributed by atoms with Gasteiger partial charge in [-0.2, -0.15) is 0 Å². The molecule has 2 aliphatic carbocycles. The molecule has 2 bridgehead atoms. The molecule has 0 spiro atoms. The Balaban J connectivity index is 2.20. The van der Waals surface area contributed by atoms with E-state index >= 15 is 0 Å². The van der Waals surface area contributed by atoms with Gasteiger partial charge in [0.25, 0.3) is 0 Å². The van der Waals surface area contributed by atoms with Crippen molar-refractivity contribution in [2.45, 2.75) is 59.0 Å². The van der Waals surface area contributed by atoms with Gasteiger partial charge in [-0.15, -0.1) is 0 Å². The van der Waals surface area contributed by atoms with Crippen LogP contribution in [0, 0.1) is 23.2 Å². The lowest BCUT2D eigenvalue weighted by Gasteiger charge is -2.45. The quantitative estimate of drug-likeness (QED) is 0.560. The van der Waals surface area contributed by atoms with Crippen molar-refractivity contribution in [1.29, 1.82) is 0 Å². The van der Waals surface area contributed by atoms with E-state index in [2.05, 4.69) is 34.3 Å². The Morgan fingerprint density at radius 3 is 2.67 bits per heavy atom. The molecule has 102 valence electrons. The Labute approximate surface area is 111 Å². The van der Waals surface area contributed by atoms with Crippen LogP contribution in [0.5, 0.6) is 0 Å². The number of hydrogen-bond donors (Lipinski definition) is 0. The van der Waals surface area contributed by atoms with Gasteiger partial charge in [-0.25, -0.2) is 4.79 Å². The molecule has 0 amide bonds. The fourth-order valence-electron chi connectivity index (χ4n) is 4.35. The molecule has 0 aromatic heterocycles. The van der Waals surface area contributed by atoms with Crippen molar-refractivity contribution in [2.24, 2.45) is 23.2 Å². The largest absolute Gasteiger partial charge is 0.456 e. The van der Waals surface area contributed by atoms with Gasteiger partial charge in [0, 0.05) is 11.5 Å². The van der Waals surface area contributed by atoms with Gasteiger partial charge in [-0.3, -0.25) is 0 Å². The van der Waals surface area contributed by atoms with Gasteiger partial charge in [0.2, 0.25) is 0 Å². The van der Waals surface area contributed by atoms with Crippen molar-refractivity contribution < 1.29 is 9.53 Å². The van der Waals surface area contributed by atoms with Crippen molar-refractivity contribution in [2.75, 3.05) is 0 Å². The predicted molar refractivity (Wildman–Crippen MR) is 73.1 cm³/mol. The lowest BCUT2D eigenvalue weighted by Crippen LogP contribution is -2.47. The number of carbonyl (C=O) groups is 1. The highest BCUT2D eigenvalue weighted by Gasteiger charge is 2.56. The van der Waals surface area contributed by atoms with E-state index in [1.54, 1.807) is 0 Å². The first-order valence-corrected chi connectivity index (χ1v) is 7.14. The molecule has 0 saturated heterocycles. The van der Waals surface area contributed by atoms with Crippen LogP contribution in [0.3, 0.4) is 0 Å². The summed E-state index contributed by atoms with van der Waals surface area (Å²) in [6.45, 7) is 12.3. The van der Waals surface area contributed by atoms with Crippen LogP contribution in [0.25, 0.3) is 0 Å². The zero-order chi connectivity index (χ0) is 13.6. The van der Waals surface area contributed by atoms with Crippen LogP contribution < -0.4 is 0 Å². The van der Waals surface area contributed by atoms with Crippen molar-refractivity contribution >= 4 is 5.97 Å². The van der Waals surface area contributed by atoms with Gasteiger partial charge in [-0.1, -0.05) is 20.4 Å². The van der Waals surface area contributed by atoms with E-state index in [-0.39, 0.29) is 11.4 Å². The molecular weight excluding hydrogens is 224 g/mol.